The van der Waals surface area contributed by atoms with Crippen LogP contribution < -0.4 is 10.6 Å². The Morgan fingerprint density at radius 2 is 2.00 bits per heavy atom. The van der Waals surface area contributed by atoms with Crippen molar-refractivity contribution in [3.8, 4) is 0 Å². The molecule has 0 spiro atoms. The van der Waals surface area contributed by atoms with E-state index in [1.807, 2.05) is 0 Å². The number of aliphatic carboxylic acids is 1. The molecular formula is C10H17N3O4. The van der Waals surface area contributed by atoms with Gasteiger partial charge in [0.1, 0.15) is 6.04 Å². The summed E-state index contributed by atoms with van der Waals surface area (Å²) in [6, 6.07) is -1.11. The Bertz CT molecular complexity index is 328. The lowest BCUT2D eigenvalue weighted by Gasteiger charge is -2.19. The van der Waals surface area contributed by atoms with Crippen LogP contribution in [-0.4, -0.2) is 53.6 Å². The maximum atomic E-state index is 11.4. The molecule has 7 heteroatoms. The maximum absolute atomic E-state index is 11.4. The number of urea groups is 1. The molecule has 0 saturated heterocycles. The van der Waals surface area contributed by atoms with Gasteiger partial charge in [0.2, 0.25) is 5.91 Å². The van der Waals surface area contributed by atoms with E-state index in [1.54, 1.807) is 0 Å². The monoisotopic (exact) mass is 243 g/mol. The Morgan fingerprint density at radius 1 is 1.41 bits per heavy atom. The minimum Gasteiger partial charge on any atom is -0.480 e. The van der Waals surface area contributed by atoms with Crippen molar-refractivity contribution in [1.82, 2.24) is 15.5 Å². The third-order valence-corrected chi connectivity index (χ3v) is 2.58. The first kappa shape index (κ1) is 13.4. The van der Waals surface area contributed by atoms with Gasteiger partial charge in [0.25, 0.3) is 0 Å². The number of nitrogens with one attached hydrogen (secondary N) is 2. The zero-order chi connectivity index (χ0) is 13.0. The third-order valence-electron chi connectivity index (χ3n) is 2.58. The topological polar surface area (TPSA) is 98.7 Å². The van der Waals surface area contributed by atoms with Gasteiger partial charge in [-0.15, -0.1) is 0 Å². The van der Waals surface area contributed by atoms with Gasteiger partial charge in [0.05, 0.1) is 6.54 Å². The molecule has 0 aromatic carbocycles. The molecule has 0 radical (unpaired) electrons. The van der Waals surface area contributed by atoms with Crippen molar-refractivity contribution in [1.29, 1.82) is 0 Å². The summed E-state index contributed by atoms with van der Waals surface area (Å²) in [5.41, 5.74) is 0. The first-order valence-corrected chi connectivity index (χ1v) is 5.43. The number of amides is 3. The van der Waals surface area contributed by atoms with E-state index in [1.165, 1.54) is 18.9 Å². The lowest BCUT2D eigenvalue weighted by Crippen LogP contribution is -2.47. The number of hydrogen-bond acceptors (Lipinski definition) is 4. The van der Waals surface area contributed by atoms with Crippen LogP contribution in [-0.2, 0) is 9.59 Å². The summed E-state index contributed by atoms with van der Waals surface area (Å²) in [5, 5.41) is 13.5. The van der Waals surface area contributed by atoms with Gasteiger partial charge in [-0.2, -0.15) is 0 Å². The summed E-state index contributed by atoms with van der Waals surface area (Å²) in [6.07, 6.45) is 1.88. The Morgan fingerprint density at radius 3 is 2.47 bits per heavy atom. The fourth-order valence-electron chi connectivity index (χ4n) is 1.17. The Kier molecular flexibility index (Phi) is 4.45. The highest BCUT2D eigenvalue weighted by Gasteiger charge is 2.24. The molecule has 7 nitrogen and oxygen atoms in total. The van der Waals surface area contributed by atoms with Gasteiger partial charge in [-0.05, 0) is 26.8 Å². The fraction of sp³-hybridized carbons (Fsp3) is 0.700. The molecular weight excluding hydrogens is 226 g/mol. The van der Waals surface area contributed by atoms with Crippen LogP contribution in [0.1, 0.15) is 19.8 Å². The van der Waals surface area contributed by atoms with E-state index in [4.69, 9.17) is 5.11 Å². The van der Waals surface area contributed by atoms with Gasteiger partial charge in [0.15, 0.2) is 0 Å². The van der Waals surface area contributed by atoms with Crippen molar-refractivity contribution in [3.05, 3.63) is 0 Å². The summed E-state index contributed by atoms with van der Waals surface area (Å²) in [5.74, 6) is -1.53. The van der Waals surface area contributed by atoms with Crippen LogP contribution in [0.5, 0.6) is 0 Å². The molecule has 96 valence electrons. The molecule has 0 aromatic rings. The van der Waals surface area contributed by atoms with Crippen LogP contribution >= 0.6 is 0 Å². The second kappa shape index (κ2) is 5.62. The van der Waals surface area contributed by atoms with Crippen LogP contribution in [0.2, 0.25) is 0 Å². The number of imide groups is 1. The second-order valence-corrected chi connectivity index (χ2v) is 4.23. The number of carbonyl (C=O) groups is 3. The van der Waals surface area contributed by atoms with Crippen molar-refractivity contribution in [2.24, 2.45) is 0 Å². The molecule has 1 aliphatic carbocycles. The molecule has 0 aliphatic heterocycles. The second-order valence-electron chi connectivity index (χ2n) is 4.23. The first-order chi connectivity index (χ1) is 7.90. The van der Waals surface area contributed by atoms with Crippen molar-refractivity contribution >= 4 is 17.9 Å². The number of rotatable bonds is 5. The smallest absolute Gasteiger partial charge is 0.321 e. The van der Waals surface area contributed by atoms with E-state index in [-0.39, 0.29) is 12.6 Å². The van der Waals surface area contributed by atoms with E-state index in [9.17, 15) is 14.4 Å². The van der Waals surface area contributed by atoms with Gasteiger partial charge in [0, 0.05) is 6.04 Å². The van der Waals surface area contributed by atoms with Crippen LogP contribution in [0.4, 0.5) is 4.79 Å². The minimum atomic E-state index is -1.01. The Labute approximate surface area is 99.2 Å². The van der Waals surface area contributed by atoms with E-state index < -0.39 is 23.9 Å². The number of hydrogen-bond donors (Lipinski definition) is 3. The first-order valence-electron chi connectivity index (χ1n) is 5.43. The van der Waals surface area contributed by atoms with Crippen molar-refractivity contribution < 1.29 is 19.5 Å². The molecule has 1 unspecified atom stereocenters. The fourth-order valence-corrected chi connectivity index (χ4v) is 1.17. The molecule has 3 amide bonds. The predicted octanol–water partition coefficient (Wildman–Crippen LogP) is -0.620. The summed E-state index contributed by atoms with van der Waals surface area (Å²) < 4.78 is 0. The zero-order valence-corrected chi connectivity index (χ0v) is 9.90. The van der Waals surface area contributed by atoms with Gasteiger partial charge in [-0.25, -0.2) is 4.79 Å². The zero-order valence-electron chi connectivity index (χ0n) is 9.90. The minimum absolute atomic E-state index is 0.133. The van der Waals surface area contributed by atoms with E-state index >= 15 is 0 Å². The Hall–Kier alpha value is -1.63. The molecule has 1 rings (SSSR count). The number of likely N-dealkylation sites (N-methyl/N-ethyl adjacent to an activating group) is 1. The lowest BCUT2D eigenvalue weighted by atomic mass is 10.3. The number of nitrogens with zero attached hydrogens (tertiary/aromatic N) is 1. The summed E-state index contributed by atoms with van der Waals surface area (Å²) in [7, 11) is 1.51. The highest BCUT2D eigenvalue weighted by molar-refractivity contribution is 5.95. The predicted molar refractivity (Wildman–Crippen MR) is 59.4 cm³/mol. The van der Waals surface area contributed by atoms with E-state index in [0.717, 1.165) is 12.8 Å². The summed E-state index contributed by atoms with van der Waals surface area (Å²) in [6.45, 7) is 1.34. The highest BCUT2D eigenvalue weighted by atomic mass is 16.4. The van der Waals surface area contributed by atoms with Crippen LogP contribution in [0.25, 0.3) is 0 Å². The molecule has 17 heavy (non-hydrogen) atoms. The molecule has 3 N–H and O–H groups in total. The van der Waals surface area contributed by atoms with Crippen molar-refractivity contribution in [2.45, 2.75) is 31.8 Å². The van der Waals surface area contributed by atoms with Gasteiger partial charge in [-0.3, -0.25) is 19.8 Å². The molecule has 0 aromatic heterocycles. The molecule has 1 fully saturated rings. The quantitative estimate of drug-likeness (QED) is 0.597. The molecule has 0 bridgehead atoms. The molecule has 0 heterocycles. The largest absolute Gasteiger partial charge is 0.480 e. The van der Waals surface area contributed by atoms with E-state index in [0.29, 0.717) is 0 Å². The lowest BCUT2D eigenvalue weighted by molar-refractivity contribution is -0.142. The third kappa shape index (κ3) is 4.81. The highest BCUT2D eigenvalue weighted by Crippen LogP contribution is 2.18. The van der Waals surface area contributed by atoms with Crippen LogP contribution in [0.3, 0.4) is 0 Å². The van der Waals surface area contributed by atoms with Crippen LogP contribution in [0, 0.1) is 0 Å². The number of carboxylic acids is 1. The van der Waals surface area contributed by atoms with Gasteiger partial charge >= 0.3 is 12.0 Å². The average molecular weight is 243 g/mol. The molecule has 1 saturated carbocycles. The van der Waals surface area contributed by atoms with Gasteiger partial charge < -0.3 is 10.4 Å². The molecule has 1 aliphatic rings. The number of carbonyl (C=O) groups excluding carboxylic acids is 2. The number of carboxylic acid groups (broad SMARTS) is 1. The normalized spacial score (nSPS) is 16.4. The maximum Gasteiger partial charge on any atom is 0.321 e. The summed E-state index contributed by atoms with van der Waals surface area (Å²) >= 11 is 0. The van der Waals surface area contributed by atoms with Crippen molar-refractivity contribution in [3.63, 3.8) is 0 Å². The SMILES string of the molecule is CC(C(=O)O)N(C)CC(=O)NC(=O)NC1CC1. The van der Waals surface area contributed by atoms with Crippen molar-refractivity contribution in [2.75, 3.05) is 13.6 Å². The average Bonchev–Trinajstić information content (AvgIpc) is 2.99. The summed E-state index contributed by atoms with van der Waals surface area (Å²) in [4.78, 5) is 34.6. The standard InChI is InChI=1S/C10H17N3O4/c1-6(9(15)16)13(2)5-8(14)12-10(17)11-7-3-4-7/h6-7H,3-5H2,1-2H3,(H,15,16)(H2,11,12,14,17). The van der Waals surface area contributed by atoms with Gasteiger partial charge in [-0.1, -0.05) is 0 Å². The van der Waals surface area contributed by atoms with E-state index in [2.05, 4.69) is 10.6 Å². The van der Waals surface area contributed by atoms with Crippen LogP contribution in [0.15, 0.2) is 0 Å². The Balaban J connectivity index is 2.27. The molecule has 1 atom stereocenters.